The van der Waals surface area contributed by atoms with E-state index in [9.17, 15) is 0 Å². The first-order chi connectivity index (χ1) is 8.70. The summed E-state index contributed by atoms with van der Waals surface area (Å²) in [4.78, 5) is 1.12. The highest BCUT2D eigenvalue weighted by molar-refractivity contribution is 7.10. The molecule has 96 valence electrons. The van der Waals surface area contributed by atoms with Crippen molar-refractivity contribution in [3.8, 4) is 0 Å². The van der Waals surface area contributed by atoms with Gasteiger partial charge in [0.2, 0.25) is 0 Å². The third-order valence-corrected chi connectivity index (χ3v) is 4.48. The highest BCUT2D eigenvalue weighted by Gasteiger charge is 2.14. The van der Waals surface area contributed by atoms with E-state index in [0.717, 1.165) is 22.7 Å². The van der Waals surface area contributed by atoms with Crippen LogP contribution in [0.15, 0.2) is 35.7 Å². The third-order valence-electron chi connectivity index (χ3n) is 3.00. The summed E-state index contributed by atoms with van der Waals surface area (Å²) in [6, 6.07) is 10.6. The zero-order valence-electron chi connectivity index (χ0n) is 10.3. The predicted molar refractivity (Wildman–Crippen MR) is 78.9 cm³/mol. The van der Waals surface area contributed by atoms with Crippen LogP contribution in [0, 0.1) is 6.92 Å². The van der Waals surface area contributed by atoms with Gasteiger partial charge in [0.1, 0.15) is 0 Å². The molecule has 1 unspecified atom stereocenters. The standard InChI is InChI=1S/C14H17ClN2S/c1-10-2-4-11(5-3-10)6-7-13(17-16)14-12(15)8-9-18-14/h2-5,8-9,13,17H,6-7,16H2,1H3. The van der Waals surface area contributed by atoms with Gasteiger partial charge in [-0.1, -0.05) is 41.4 Å². The van der Waals surface area contributed by atoms with E-state index in [2.05, 4.69) is 36.6 Å². The van der Waals surface area contributed by atoms with Crippen molar-refractivity contribution in [3.63, 3.8) is 0 Å². The van der Waals surface area contributed by atoms with E-state index in [1.807, 2.05) is 11.4 Å². The van der Waals surface area contributed by atoms with Gasteiger partial charge in [-0.05, 0) is 36.8 Å². The van der Waals surface area contributed by atoms with Crippen molar-refractivity contribution >= 4 is 22.9 Å². The first kappa shape index (κ1) is 13.6. The van der Waals surface area contributed by atoms with E-state index in [1.54, 1.807) is 11.3 Å². The molecule has 2 aromatic rings. The Hall–Kier alpha value is -0.870. The Labute approximate surface area is 117 Å². The van der Waals surface area contributed by atoms with Crippen LogP contribution < -0.4 is 11.3 Å². The average molecular weight is 281 g/mol. The van der Waals surface area contributed by atoms with Crippen molar-refractivity contribution in [2.45, 2.75) is 25.8 Å². The first-order valence-corrected chi connectivity index (χ1v) is 7.21. The van der Waals surface area contributed by atoms with Crippen molar-refractivity contribution in [2.24, 2.45) is 5.84 Å². The minimum Gasteiger partial charge on any atom is -0.271 e. The molecule has 0 radical (unpaired) electrons. The number of hydrazine groups is 1. The largest absolute Gasteiger partial charge is 0.271 e. The maximum atomic E-state index is 6.13. The number of nitrogens with two attached hydrogens (primary N) is 1. The van der Waals surface area contributed by atoms with Gasteiger partial charge in [0, 0.05) is 4.88 Å². The molecular weight excluding hydrogens is 264 g/mol. The van der Waals surface area contributed by atoms with Gasteiger partial charge >= 0.3 is 0 Å². The lowest BCUT2D eigenvalue weighted by Crippen LogP contribution is -2.28. The molecule has 0 bridgehead atoms. The fraction of sp³-hybridized carbons (Fsp3) is 0.286. The number of hydrogen-bond acceptors (Lipinski definition) is 3. The molecular formula is C14H17ClN2S. The molecule has 0 spiro atoms. The van der Waals surface area contributed by atoms with Crippen LogP contribution in [-0.2, 0) is 6.42 Å². The van der Waals surface area contributed by atoms with Crippen molar-refractivity contribution < 1.29 is 0 Å². The number of nitrogens with one attached hydrogen (secondary N) is 1. The maximum Gasteiger partial charge on any atom is 0.0571 e. The molecule has 0 amide bonds. The average Bonchev–Trinajstić information content (AvgIpc) is 2.79. The molecule has 0 aliphatic rings. The molecule has 0 aliphatic carbocycles. The molecule has 3 N–H and O–H groups in total. The summed E-state index contributed by atoms with van der Waals surface area (Å²) >= 11 is 7.78. The van der Waals surface area contributed by atoms with E-state index in [1.165, 1.54) is 11.1 Å². The van der Waals surface area contributed by atoms with E-state index in [4.69, 9.17) is 17.4 Å². The van der Waals surface area contributed by atoms with E-state index < -0.39 is 0 Å². The molecule has 1 atom stereocenters. The molecule has 1 heterocycles. The van der Waals surface area contributed by atoms with Crippen LogP contribution in [0.1, 0.15) is 28.5 Å². The van der Waals surface area contributed by atoms with Crippen LogP contribution in [0.2, 0.25) is 5.02 Å². The molecule has 1 aromatic heterocycles. The predicted octanol–water partition coefficient (Wildman–Crippen LogP) is 3.85. The summed E-state index contributed by atoms with van der Waals surface area (Å²) in [5, 5.41) is 2.79. The molecule has 1 aromatic carbocycles. The second-order valence-corrected chi connectivity index (χ2v) is 5.73. The topological polar surface area (TPSA) is 38.0 Å². The van der Waals surface area contributed by atoms with Gasteiger partial charge in [-0.15, -0.1) is 11.3 Å². The third kappa shape index (κ3) is 3.33. The summed E-state index contributed by atoms with van der Waals surface area (Å²) in [5.41, 5.74) is 5.47. The lowest BCUT2D eigenvalue weighted by atomic mass is 10.0. The number of benzene rings is 1. The molecule has 2 nitrogen and oxygen atoms in total. The van der Waals surface area contributed by atoms with Gasteiger partial charge in [-0.2, -0.15) is 0 Å². The Morgan fingerprint density at radius 2 is 2.00 bits per heavy atom. The van der Waals surface area contributed by atoms with Gasteiger partial charge < -0.3 is 0 Å². The summed E-state index contributed by atoms with van der Waals surface area (Å²) in [7, 11) is 0. The quantitative estimate of drug-likeness (QED) is 0.645. The highest BCUT2D eigenvalue weighted by atomic mass is 35.5. The molecule has 2 rings (SSSR count). The summed E-state index contributed by atoms with van der Waals surface area (Å²) < 4.78 is 0. The number of rotatable bonds is 5. The highest BCUT2D eigenvalue weighted by Crippen LogP contribution is 2.30. The lowest BCUT2D eigenvalue weighted by Gasteiger charge is -2.15. The Balaban J connectivity index is 2.00. The van der Waals surface area contributed by atoms with Gasteiger partial charge in [0.25, 0.3) is 0 Å². The zero-order chi connectivity index (χ0) is 13.0. The number of aryl methyl sites for hydroxylation is 2. The van der Waals surface area contributed by atoms with Crippen molar-refractivity contribution in [1.82, 2.24) is 5.43 Å². The second kappa shape index (κ2) is 6.34. The Morgan fingerprint density at radius 3 is 2.56 bits per heavy atom. The normalized spacial score (nSPS) is 12.6. The van der Waals surface area contributed by atoms with Crippen molar-refractivity contribution in [2.75, 3.05) is 0 Å². The molecule has 4 heteroatoms. The minimum atomic E-state index is 0.124. The van der Waals surface area contributed by atoms with Gasteiger partial charge in [0.05, 0.1) is 11.1 Å². The molecule has 0 saturated heterocycles. The van der Waals surface area contributed by atoms with Gasteiger partial charge in [-0.25, -0.2) is 0 Å². The Kier molecular flexibility index (Phi) is 4.78. The Bertz CT molecular complexity index is 493. The molecule has 0 fully saturated rings. The van der Waals surface area contributed by atoms with E-state index in [-0.39, 0.29) is 6.04 Å². The maximum absolute atomic E-state index is 6.13. The smallest absolute Gasteiger partial charge is 0.0571 e. The van der Waals surface area contributed by atoms with Crippen LogP contribution in [0.4, 0.5) is 0 Å². The van der Waals surface area contributed by atoms with E-state index in [0.29, 0.717) is 0 Å². The fourth-order valence-corrected chi connectivity index (χ4v) is 3.19. The number of hydrogen-bond donors (Lipinski definition) is 2. The lowest BCUT2D eigenvalue weighted by molar-refractivity contribution is 0.524. The second-order valence-electron chi connectivity index (χ2n) is 4.38. The minimum absolute atomic E-state index is 0.124. The van der Waals surface area contributed by atoms with Gasteiger partial charge in [-0.3, -0.25) is 11.3 Å². The van der Waals surface area contributed by atoms with Crippen molar-refractivity contribution in [1.29, 1.82) is 0 Å². The fourth-order valence-electron chi connectivity index (χ4n) is 1.91. The number of thiophene rings is 1. The number of halogens is 1. The summed E-state index contributed by atoms with van der Waals surface area (Å²) in [5.74, 6) is 5.62. The SMILES string of the molecule is Cc1ccc(CCC(NN)c2sccc2Cl)cc1. The molecule has 0 aliphatic heterocycles. The van der Waals surface area contributed by atoms with E-state index >= 15 is 0 Å². The van der Waals surface area contributed by atoms with Crippen LogP contribution in [0.3, 0.4) is 0 Å². The molecule has 0 saturated carbocycles. The van der Waals surface area contributed by atoms with Crippen LogP contribution in [0.5, 0.6) is 0 Å². The molecule has 18 heavy (non-hydrogen) atoms. The monoisotopic (exact) mass is 280 g/mol. The van der Waals surface area contributed by atoms with Crippen LogP contribution in [-0.4, -0.2) is 0 Å². The first-order valence-electron chi connectivity index (χ1n) is 5.95. The van der Waals surface area contributed by atoms with Crippen LogP contribution in [0.25, 0.3) is 0 Å². The van der Waals surface area contributed by atoms with Crippen molar-refractivity contribution in [3.05, 3.63) is 56.7 Å². The summed E-state index contributed by atoms with van der Waals surface area (Å²) in [6.45, 7) is 2.10. The van der Waals surface area contributed by atoms with Gasteiger partial charge in [0.15, 0.2) is 0 Å². The van der Waals surface area contributed by atoms with Crippen LogP contribution >= 0.6 is 22.9 Å². The summed E-state index contributed by atoms with van der Waals surface area (Å²) in [6.07, 6.45) is 1.93. The zero-order valence-corrected chi connectivity index (χ0v) is 11.9. The Morgan fingerprint density at radius 1 is 1.28 bits per heavy atom.